The molecule has 10 heteroatoms. The zero-order valence-electron chi connectivity index (χ0n) is 21.7. The number of aliphatic hydroxyl groups is 3. The van der Waals surface area contributed by atoms with E-state index in [1.807, 2.05) is 12.1 Å². The highest BCUT2D eigenvalue weighted by Gasteiger charge is 2.27. The van der Waals surface area contributed by atoms with Crippen molar-refractivity contribution in [2.24, 2.45) is 0 Å². The molecule has 4 N–H and O–H groups in total. The average molecular weight is 531 g/mol. The standard InChI is InChI=1S/C27H30O9.CH4O/c1-16-24(35-15-17-7-9-19(33-2)10-8-17)12-11-22(29)26(31)21(28)6-4-5-18-13-20(34-3)14-23(30)25(18)27(32)36-16;1-2/h4-5,7-14,16,21,24,26,28,30-31H,6,15H2,1-3H3;2H,1H3/b5-4+,12-11-;/t16-,21-,24+,26-;/m0./s1. The van der Waals surface area contributed by atoms with Crippen LogP contribution in [0.15, 0.2) is 54.6 Å². The second kappa shape index (κ2) is 14.9. The second-order valence-electron chi connectivity index (χ2n) is 8.26. The number of hydrogen-bond acceptors (Lipinski definition) is 10. The molecule has 1 heterocycles. The number of phenolic OH excluding ortho intramolecular Hbond substituents is 1. The Kier molecular flexibility index (Phi) is 12.0. The number of esters is 1. The molecule has 10 nitrogen and oxygen atoms in total. The van der Waals surface area contributed by atoms with Crippen LogP contribution in [0.4, 0.5) is 0 Å². The van der Waals surface area contributed by atoms with Crippen LogP contribution in [0, 0.1) is 0 Å². The molecule has 0 amide bonds. The summed E-state index contributed by atoms with van der Waals surface area (Å²) in [6.45, 7) is 1.71. The number of methoxy groups -OCH3 is 2. The first-order valence-electron chi connectivity index (χ1n) is 11.8. The van der Waals surface area contributed by atoms with Crippen LogP contribution in [-0.2, 0) is 20.9 Å². The Bertz CT molecular complexity index is 1120. The Morgan fingerprint density at radius 3 is 2.26 bits per heavy atom. The lowest BCUT2D eigenvalue weighted by molar-refractivity contribution is -0.127. The van der Waals surface area contributed by atoms with Crippen LogP contribution in [0.3, 0.4) is 0 Å². The Morgan fingerprint density at radius 2 is 1.63 bits per heavy atom. The summed E-state index contributed by atoms with van der Waals surface area (Å²) in [7, 11) is 3.97. The number of rotatable bonds is 5. The Labute approximate surface area is 221 Å². The van der Waals surface area contributed by atoms with Gasteiger partial charge < -0.3 is 39.4 Å². The number of fused-ring (bicyclic) bond motifs is 1. The van der Waals surface area contributed by atoms with Gasteiger partial charge in [-0.2, -0.15) is 0 Å². The van der Waals surface area contributed by atoms with E-state index in [0.717, 1.165) is 18.7 Å². The van der Waals surface area contributed by atoms with Crippen molar-refractivity contribution >= 4 is 17.8 Å². The van der Waals surface area contributed by atoms with Crippen LogP contribution < -0.4 is 9.47 Å². The highest BCUT2D eigenvalue weighted by molar-refractivity contribution is 5.97. The van der Waals surface area contributed by atoms with Gasteiger partial charge in [-0.1, -0.05) is 24.3 Å². The number of ketones is 1. The number of ether oxygens (including phenoxy) is 4. The van der Waals surface area contributed by atoms with Gasteiger partial charge in [-0.15, -0.1) is 0 Å². The lowest BCUT2D eigenvalue weighted by atomic mass is 10.0. The van der Waals surface area contributed by atoms with E-state index in [0.29, 0.717) is 11.5 Å². The van der Waals surface area contributed by atoms with Gasteiger partial charge in [0.2, 0.25) is 0 Å². The maximum Gasteiger partial charge on any atom is 0.342 e. The Hall–Kier alpha value is -3.70. The molecule has 0 aliphatic carbocycles. The third kappa shape index (κ3) is 8.15. The molecule has 0 unspecified atom stereocenters. The fourth-order valence-corrected chi connectivity index (χ4v) is 3.59. The van der Waals surface area contributed by atoms with Crippen molar-refractivity contribution in [2.45, 2.75) is 44.4 Å². The van der Waals surface area contributed by atoms with E-state index in [4.69, 9.17) is 24.1 Å². The summed E-state index contributed by atoms with van der Waals surface area (Å²) in [6, 6.07) is 9.97. The highest BCUT2D eigenvalue weighted by atomic mass is 16.6. The van der Waals surface area contributed by atoms with E-state index in [1.165, 1.54) is 37.5 Å². The molecule has 2 aromatic rings. The molecule has 206 valence electrons. The van der Waals surface area contributed by atoms with Crippen molar-refractivity contribution in [3.8, 4) is 17.2 Å². The molecule has 0 saturated carbocycles. The van der Waals surface area contributed by atoms with E-state index in [9.17, 15) is 24.9 Å². The molecule has 4 atom stereocenters. The third-order valence-corrected chi connectivity index (χ3v) is 5.70. The van der Waals surface area contributed by atoms with Gasteiger partial charge in [0, 0.05) is 13.2 Å². The first kappa shape index (κ1) is 30.5. The van der Waals surface area contributed by atoms with Crippen LogP contribution in [-0.4, -0.2) is 77.9 Å². The Balaban J connectivity index is 0.00000247. The number of hydrogen-bond donors (Lipinski definition) is 4. The minimum Gasteiger partial charge on any atom is -0.507 e. The molecule has 0 saturated heterocycles. The van der Waals surface area contributed by atoms with Crippen LogP contribution >= 0.6 is 0 Å². The molecule has 0 fully saturated rings. The highest BCUT2D eigenvalue weighted by Crippen LogP contribution is 2.30. The van der Waals surface area contributed by atoms with Gasteiger partial charge >= 0.3 is 5.97 Å². The second-order valence-corrected chi connectivity index (χ2v) is 8.26. The SMILES string of the molecule is CO.COc1ccc(CO[C@@H]2/C=C\C(=O)[C@@H](O)[C@@H](O)C/C=C/c3cc(OC)cc(O)c3C(=O)O[C@H]2C)cc1. The van der Waals surface area contributed by atoms with Crippen LogP contribution in [0.1, 0.15) is 34.8 Å². The van der Waals surface area contributed by atoms with E-state index < -0.39 is 36.2 Å². The zero-order chi connectivity index (χ0) is 28.2. The lowest BCUT2D eigenvalue weighted by Crippen LogP contribution is -2.34. The van der Waals surface area contributed by atoms with Crippen molar-refractivity contribution in [3.05, 3.63) is 71.3 Å². The summed E-state index contributed by atoms with van der Waals surface area (Å²) in [5.41, 5.74) is 0.990. The summed E-state index contributed by atoms with van der Waals surface area (Å²) in [6.07, 6.45) is 0.531. The number of carbonyl (C=O) groups excluding carboxylic acids is 2. The maximum absolute atomic E-state index is 13.1. The monoisotopic (exact) mass is 530 g/mol. The number of aromatic hydroxyl groups is 1. The van der Waals surface area contributed by atoms with Crippen LogP contribution in [0.25, 0.3) is 6.08 Å². The zero-order valence-corrected chi connectivity index (χ0v) is 21.7. The van der Waals surface area contributed by atoms with Gasteiger partial charge in [-0.25, -0.2) is 4.79 Å². The average Bonchev–Trinajstić information content (AvgIpc) is 2.92. The van der Waals surface area contributed by atoms with Gasteiger partial charge in [0.25, 0.3) is 0 Å². The van der Waals surface area contributed by atoms with Crippen molar-refractivity contribution < 1.29 is 49.0 Å². The lowest BCUT2D eigenvalue weighted by Gasteiger charge is -2.23. The molecule has 0 radical (unpaired) electrons. The summed E-state index contributed by atoms with van der Waals surface area (Å²) < 4.78 is 21.9. The van der Waals surface area contributed by atoms with Gasteiger partial charge in [0.1, 0.15) is 41.1 Å². The number of cyclic esters (lactones) is 1. The number of benzene rings is 2. The molecule has 1 aliphatic heterocycles. The van der Waals surface area contributed by atoms with Crippen molar-refractivity contribution in [3.63, 3.8) is 0 Å². The number of carbonyl (C=O) groups is 2. The van der Waals surface area contributed by atoms with Crippen molar-refractivity contribution in [1.82, 2.24) is 0 Å². The predicted octanol–water partition coefficient (Wildman–Crippen LogP) is 2.41. The topological polar surface area (TPSA) is 152 Å². The van der Waals surface area contributed by atoms with Gasteiger partial charge in [0.15, 0.2) is 5.78 Å². The maximum atomic E-state index is 13.1. The first-order chi connectivity index (χ1) is 18.2. The van der Waals surface area contributed by atoms with Gasteiger partial charge in [0.05, 0.1) is 26.9 Å². The summed E-state index contributed by atoms with van der Waals surface area (Å²) in [5.74, 6) is -0.888. The molecule has 0 aromatic heterocycles. The van der Waals surface area contributed by atoms with Gasteiger partial charge in [-0.05, 0) is 54.8 Å². The van der Waals surface area contributed by atoms with Gasteiger partial charge in [-0.3, -0.25) is 4.79 Å². The predicted molar refractivity (Wildman–Crippen MR) is 139 cm³/mol. The Morgan fingerprint density at radius 1 is 0.974 bits per heavy atom. The third-order valence-electron chi connectivity index (χ3n) is 5.70. The number of phenols is 1. The fraction of sp³-hybridized carbons (Fsp3) is 0.357. The van der Waals surface area contributed by atoms with Crippen molar-refractivity contribution in [2.75, 3.05) is 21.3 Å². The number of aliphatic hydroxyl groups excluding tert-OH is 3. The summed E-state index contributed by atoms with van der Waals surface area (Å²) >= 11 is 0. The van der Waals surface area contributed by atoms with Crippen LogP contribution in [0.2, 0.25) is 0 Å². The van der Waals surface area contributed by atoms with E-state index >= 15 is 0 Å². The molecule has 0 bridgehead atoms. The van der Waals surface area contributed by atoms with Crippen LogP contribution in [0.5, 0.6) is 17.2 Å². The molecule has 2 aromatic carbocycles. The molecular weight excluding hydrogens is 496 g/mol. The minimum atomic E-state index is -1.66. The summed E-state index contributed by atoms with van der Waals surface area (Å²) in [4.78, 5) is 25.5. The first-order valence-corrected chi connectivity index (χ1v) is 11.8. The van der Waals surface area contributed by atoms with E-state index in [2.05, 4.69) is 0 Å². The quantitative estimate of drug-likeness (QED) is 0.424. The molecule has 38 heavy (non-hydrogen) atoms. The smallest absolute Gasteiger partial charge is 0.342 e. The normalized spacial score (nSPS) is 23.6. The molecule has 3 rings (SSSR count). The van der Waals surface area contributed by atoms with Crippen molar-refractivity contribution in [1.29, 1.82) is 0 Å². The molecular formula is C28H34O10. The largest absolute Gasteiger partial charge is 0.507 e. The van der Waals surface area contributed by atoms with E-state index in [-0.39, 0.29) is 29.9 Å². The fourth-order valence-electron chi connectivity index (χ4n) is 3.59. The summed E-state index contributed by atoms with van der Waals surface area (Å²) in [5, 5.41) is 38.0. The minimum absolute atomic E-state index is 0.0823. The molecule has 0 spiro atoms. The van der Waals surface area contributed by atoms with E-state index in [1.54, 1.807) is 26.2 Å². The molecule has 1 aliphatic rings.